The highest BCUT2D eigenvalue weighted by Gasteiger charge is 2.60. The van der Waals surface area contributed by atoms with Gasteiger partial charge in [-0.2, -0.15) is 0 Å². The van der Waals surface area contributed by atoms with E-state index in [2.05, 4.69) is 9.97 Å². The maximum atomic E-state index is 12.3. The van der Waals surface area contributed by atoms with Gasteiger partial charge in [-0.25, -0.2) is 4.98 Å². The number of amides is 1. The molecule has 1 aromatic heterocycles. The molecule has 0 aliphatic carbocycles. The van der Waals surface area contributed by atoms with Gasteiger partial charge >= 0.3 is 0 Å². The summed E-state index contributed by atoms with van der Waals surface area (Å²) in [4.78, 5) is 23.6. The number of hydrogen-bond acceptors (Lipinski definition) is 6. The number of rotatable bonds is 5. The Morgan fingerprint density at radius 3 is 2.45 bits per heavy atom. The highest BCUT2D eigenvalue weighted by Crippen LogP contribution is 2.48. The number of nitrogens with zero attached hydrogens (tertiary/aromatic N) is 3. The van der Waals surface area contributed by atoms with Gasteiger partial charge < -0.3 is 29.4 Å². The molecule has 0 radical (unpaired) electrons. The molecule has 0 bridgehead atoms. The van der Waals surface area contributed by atoms with E-state index in [0.29, 0.717) is 35.0 Å². The Balaban J connectivity index is 1.65. The number of aromatic amines is 1. The van der Waals surface area contributed by atoms with Gasteiger partial charge in [-0.1, -0.05) is 19.1 Å². The standard InChI is InChI=1S/C24H25N5O4/c1-4-19(30)28-12-24(13-28)21(31)20(23-26-17-7-5-6-8-18(17)27-23)22(25)29(24)14-9-15(32-2)11-16(10-14)33-3/h5-11,25,31H,4,12-13H2,1-3H3,(H,26,27). The number of aliphatic hydroxyl groups is 1. The molecule has 1 amide bonds. The van der Waals surface area contributed by atoms with Crippen molar-refractivity contribution in [2.45, 2.75) is 18.9 Å². The van der Waals surface area contributed by atoms with Crippen LogP contribution in [-0.2, 0) is 4.79 Å². The lowest BCUT2D eigenvalue weighted by Gasteiger charge is -2.52. The van der Waals surface area contributed by atoms with Gasteiger partial charge in [0, 0.05) is 24.6 Å². The summed E-state index contributed by atoms with van der Waals surface area (Å²) in [6.07, 6.45) is 0.376. The van der Waals surface area contributed by atoms with E-state index in [1.165, 1.54) is 0 Å². The van der Waals surface area contributed by atoms with E-state index in [1.54, 1.807) is 42.2 Å². The van der Waals surface area contributed by atoms with Gasteiger partial charge in [-0.3, -0.25) is 10.2 Å². The number of nitrogens with one attached hydrogen (secondary N) is 2. The molecule has 0 unspecified atom stereocenters. The summed E-state index contributed by atoms with van der Waals surface area (Å²) in [6.45, 7) is 2.33. The number of H-pyrrole nitrogens is 1. The van der Waals surface area contributed by atoms with E-state index in [0.717, 1.165) is 11.0 Å². The molecule has 0 saturated carbocycles. The number of anilines is 1. The molecule has 3 heterocycles. The first kappa shape index (κ1) is 20.9. The van der Waals surface area contributed by atoms with Crippen LogP contribution in [0, 0.1) is 5.41 Å². The highest BCUT2D eigenvalue weighted by atomic mass is 16.5. The van der Waals surface area contributed by atoms with Crippen LogP contribution in [0.3, 0.4) is 0 Å². The third kappa shape index (κ3) is 3.03. The maximum absolute atomic E-state index is 12.3. The molecule has 3 aromatic rings. The monoisotopic (exact) mass is 447 g/mol. The van der Waals surface area contributed by atoms with Gasteiger partial charge in [0.25, 0.3) is 0 Å². The zero-order chi connectivity index (χ0) is 23.3. The zero-order valence-corrected chi connectivity index (χ0v) is 18.7. The minimum Gasteiger partial charge on any atom is -0.509 e. The highest BCUT2D eigenvalue weighted by molar-refractivity contribution is 6.32. The maximum Gasteiger partial charge on any atom is 0.222 e. The molecule has 9 heteroatoms. The number of methoxy groups -OCH3 is 2. The van der Waals surface area contributed by atoms with E-state index >= 15 is 0 Å². The van der Waals surface area contributed by atoms with Crippen molar-refractivity contribution in [1.82, 2.24) is 14.9 Å². The minimum atomic E-state index is -0.965. The first-order chi connectivity index (χ1) is 15.9. The fraction of sp³-hybridized carbons (Fsp3) is 0.292. The summed E-state index contributed by atoms with van der Waals surface area (Å²) in [5.41, 5.74) is 1.53. The van der Waals surface area contributed by atoms with Crippen LogP contribution in [-0.4, -0.2) is 64.6 Å². The predicted octanol–water partition coefficient (Wildman–Crippen LogP) is 3.34. The summed E-state index contributed by atoms with van der Waals surface area (Å²) in [6, 6.07) is 12.9. The second-order valence-electron chi connectivity index (χ2n) is 8.22. The number of imidazole rings is 1. The van der Waals surface area contributed by atoms with Gasteiger partial charge in [0.1, 0.15) is 34.5 Å². The van der Waals surface area contributed by atoms with Crippen LogP contribution in [0.5, 0.6) is 11.5 Å². The number of carbonyl (C=O) groups excluding carboxylic acids is 1. The van der Waals surface area contributed by atoms with Crippen LogP contribution in [0.2, 0.25) is 0 Å². The molecule has 1 spiro atoms. The van der Waals surface area contributed by atoms with E-state index in [4.69, 9.17) is 14.9 Å². The fourth-order valence-corrected chi connectivity index (χ4v) is 4.65. The molecule has 5 rings (SSSR count). The number of ether oxygens (including phenoxy) is 2. The Labute approximate surface area is 190 Å². The third-order valence-corrected chi connectivity index (χ3v) is 6.35. The van der Waals surface area contributed by atoms with Crippen LogP contribution in [0.1, 0.15) is 19.2 Å². The van der Waals surface area contributed by atoms with Crippen molar-refractivity contribution in [3.05, 3.63) is 54.0 Å². The SMILES string of the molecule is CCC(=O)N1CC2(C1)C(O)=C(c1nc3ccccc3[nH]1)C(=N)N2c1cc(OC)cc(OC)c1. The van der Waals surface area contributed by atoms with Gasteiger partial charge in [0.2, 0.25) is 5.91 Å². The Bertz CT molecular complexity index is 1250. The topological polar surface area (TPSA) is 115 Å². The molecule has 1 fully saturated rings. The number of hydrogen-bond donors (Lipinski definition) is 3. The number of aromatic nitrogens is 2. The Morgan fingerprint density at radius 2 is 1.85 bits per heavy atom. The Kier molecular flexibility index (Phi) is 4.77. The molecule has 3 N–H and O–H groups in total. The molecule has 2 aromatic carbocycles. The molecule has 0 atom stereocenters. The number of amidine groups is 1. The van der Waals surface area contributed by atoms with Gasteiger partial charge in [-0.15, -0.1) is 0 Å². The lowest BCUT2D eigenvalue weighted by Crippen LogP contribution is -2.71. The van der Waals surface area contributed by atoms with Crippen LogP contribution in [0.15, 0.2) is 48.2 Å². The van der Waals surface area contributed by atoms with Crippen molar-refractivity contribution in [1.29, 1.82) is 5.41 Å². The van der Waals surface area contributed by atoms with E-state index in [-0.39, 0.29) is 30.6 Å². The van der Waals surface area contributed by atoms with Crippen molar-refractivity contribution >= 4 is 34.0 Å². The molecular weight excluding hydrogens is 422 g/mol. The Morgan fingerprint density at radius 1 is 1.18 bits per heavy atom. The number of benzene rings is 2. The number of para-hydroxylation sites is 2. The minimum absolute atomic E-state index is 0.000292. The molecule has 2 aliphatic rings. The first-order valence-electron chi connectivity index (χ1n) is 10.7. The second-order valence-corrected chi connectivity index (χ2v) is 8.22. The molecule has 2 aliphatic heterocycles. The van der Waals surface area contributed by atoms with Gasteiger partial charge in [0.15, 0.2) is 0 Å². The van der Waals surface area contributed by atoms with Crippen molar-refractivity contribution in [3.8, 4) is 11.5 Å². The fourth-order valence-electron chi connectivity index (χ4n) is 4.65. The average Bonchev–Trinajstić information content (AvgIpc) is 3.32. The van der Waals surface area contributed by atoms with Crippen LogP contribution in [0.4, 0.5) is 5.69 Å². The number of aliphatic hydroxyl groups excluding tert-OH is 1. The summed E-state index contributed by atoms with van der Waals surface area (Å²) in [7, 11) is 3.12. The zero-order valence-electron chi connectivity index (χ0n) is 18.7. The summed E-state index contributed by atoms with van der Waals surface area (Å²) >= 11 is 0. The Hall–Kier alpha value is -4.01. The largest absolute Gasteiger partial charge is 0.509 e. The molecule has 33 heavy (non-hydrogen) atoms. The van der Waals surface area contributed by atoms with Crippen molar-refractivity contribution in [2.75, 3.05) is 32.2 Å². The third-order valence-electron chi connectivity index (χ3n) is 6.35. The smallest absolute Gasteiger partial charge is 0.222 e. The summed E-state index contributed by atoms with van der Waals surface area (Å²) in [5, 5.41) is 20.6. The van der Waals surface area contributed by atoms with Crippen LogP contribution in [0.25, 0.3) is 16.6 Å². The first-order valence-corrected chi connectivity index (χ1v) is 10.7. The predicted molar refractivity (Wildman–Crippen MR) is 125 cm³/mol. The average molecular weight is 447 g/mol. The quantitative estimate of drug-likeness (QED) is 0.553. The second kappa shape index (κ2) is 7.54. The normalized spacial score (nSPS) is 17.1. The lowest BCUT2D eigenvalue weighted by atomic mass is 9.86. The molecule has 9 nitrogen and oxygen atoms in total. The summed E-state index contributed by atoms with van der Waals surface area (Å²) in [5.74, 6) is 1.64. The van der Waals surface area contributed by atoms with E-state index < -0.39 is 5.54 Å². The van der Waals surface area contributed by atoms with E-state index in [9.17, 15) is 9.90 Å². The number of carbonyl (C=O) groups is 1. The van der Waals surface area contributed by atoms with Crippen molar-refractivity contribution in [3.63, 3.8) is 0 Å². The summed E-state index contributed by atoms with van der Waals surface area (Å²) < 4.78 is 10.9. The lowest BCUT2D eigenvalue weighted by molar-refractivity contribution is -0.137. The molecule has 170 valence electrons. The molecule has 1 saturated heterocycles. The van der Waals surface area contributed by atoms with Gasteiger partial charge in [0.05, 0.1) is 49.6 Å². The number of likely N-dealkylation sites (tertiary alicyclic amines) is 1. The van der Waals surface area contributed by atoms with Crippen molar-refractivity contribution < 1.29 is 19.4 Å². The van der Waals surface area contributed by atoms with Crippen LogP contribution >= 0.6 is 0 Å². The number of fused-ring (bicyclic) bond motifs is 1. The van der Waals surface area contributed by atoms with Crippen LogP contribution < -0.4 is 14.4 Å². The van der Waals surface area contributed by atoms with E-state index in [1.807, 2.05) is 31.2 Å². The molecular formula is C24H25N5O4. The van der Waals surface area contributed by atoms with Gasteiger partial charge in [-0.05, 0) is 12.1 Å². The van der Waals surface area contributed by atoms with Crippen molar-refractivity contribution in [2.24, 2.45) is 0 Å².